The predicted molar refractivity (Wildman–Crippen MR) is 65.2 cm³/mol. The van der Waals surface area contributed by atoms with Gasteiger partial charge >= 0.3 is 0 Å². The number of aliphatic hydroxyl groups excluding tert-OH is 1. The minimum atomic E-state index is -0.157. The van der Waals surface area contributed by atoms with Crippen molar-refractivity contribution in [1.82, 2.24) is 0 Å². The molecule has 5 nitrogen and oxygen atoms in total. The zero-order valence-corrected chi connectivity index (χ0v) is 9.77. The number of hydrogen-bond acceptors (Lipinski definition) is 4. The van der Waals surface area contributed by atoms with Crippen molar-refractivity contribution in [1.29, 1.82) is 0 Å². The summed E-state index contributed by atoms with van der Waals surface area (Å²) in [5, 5.41) is 8.97. The third kappa shape index (κ3) is 2.06. The summed E-state index contributed by atoms with van der Waals surface area (Å²) in [7, 11) is 0. The van der Waals surface area contributed by atoms with Crippen molar-refractivity contribution in [2.24, 2.45) is 0 Å². The van der Waals surface area contributed by atoms with E-state index in [9.17, 15) is 4.79 Å². The maximum absolute atomic E-state index is 11.7. The first-order valence-electron chi connectivity index (χ1n) is 5.63. The maximum Gasteiger partial charge on any atom is 0.265 e. The van der Waals surface area contributed by atoms with Crippen LogP contribution in [0.1, 0.15) is 12.5 Å². The second-order valence-electron chi connectivity index (χ2n) is 3.93. The van der Waals surface area contributed by atoms with Gasteiger partial charge in [0.1, 0.15) is 5.75 Å². The molecular formula is C12H16N2O3. The van der Waals surface area contributed by atoms with Gasteiger partial charge in [0, 0.05) is 12.2 Å². The molecule has 17 heavy (non-hydrogen) atoms. The van der Waals surface area contributed by atoms with Crippen molar-refractivity contribution in [3.63, 3.8) is 0 Å². The predicted octanol–water partition coefficient (Wildman–Crippen LogP) is 0.549. The molecule has 0 bridgehead atoms. The Bertz CT molecular complexity index is 446. The van der Waals surface area contributed by atoms with Crippen molar-refractivity contribution >= 4 is 17.3 Å². The highest BCUT2D eigenvalue weighted by Crippen LogP contribution is 2.35. The van der Waals surface area contributed by atoms with E-state index in [1.165, 1.54) is 4.90 Å². The Hall–Kier alpha value is -1.75. The quantitative estimate of drug-likeness (QED) is 0.751. The van der Waals surface area contributed by atoms with Gasteiger partial charge in [-0.05, 0) is 24.1 Å². The lowest BCUT2D eigenvalue weighted by Crippen LogP contribution is -2.40. The van der Waals surface area contributed by atoms with E-state index in [4.69, 9.17) is 15.6 Å². The number of hydrogen-bond donors (Lipinski definition) is 2. The smallest absolute Gasteiger partial charge is 0.265 e. The molecule has 1 heterocycles. The second kappa shape index (κ2) is 4.63. The molecule has 0 fully saturated rings. The largest absolute Gasteiger partial charge is 0.482 e. The Morgan fingerprint density at radius 2 is 2.29 bits per heavy atom. The van der Waals surface area contributed by atoms with Crippen LogP contribution in [-0.2, 0) is 11.2 Å². The maximum atomic E-state index is 11.7. The van der Waals surface area contributed by atoms with Crippen LogP contribution in [0.4, 0.5) is 11.4 Å². The molecule has 1 aromatic carbocycles. The number of rotatable bonds is 3. The van der Waals surface area contributed by atoms with Gasteiger partial charge in [0.25, 0.3) is 5.91 Å². The molecule has 0 spiro atoms. The Morgan fingerprint density at radius 3 is 2.94 bits per heavy atom. The molecule has 1 aliphatic heterocycles. The highest BCUT2D eigenvalue weighted by Gasteiger charge is 2.25. The SMILES string of the molecule is CCc1cc2c(cc1N)N(CCO)C(=O)CO2. The number of aryl methyl sites for hydroxylation is 1. The minimum absolute atomic E-state index is 0.0140. The van der Waals surface area contributed by atoms with E-state index in [1.807, 2.05) is 13.0 Å². The van der Waals surface area contributed by atoms with Crippen LogP contribution in [0.3, 0.4) is 0 Å². The Labute approximate surface area is 99.8 Å². The highest BCUT2D eigenvalue weighted by atomic mass is 16.5. The average molecular weight is 236 g/mol. The third-order valence-corrected chi connectivity index (χ3v) is 2.87. The van der Waals surface area contributed by atoms with Gasteiger partial charge < -0.3 is 20.5 Å². The molecule has 0 atom stereocenters. The summed E-state index contributed by atoms with van der Waals surface area (Å²) < 4.78 is 5.38. The van der Waals surface area contributed by atoms with Gasteiger partial charge in [-0.3, -0.25) is 4.79 Å². The molecule has 0 aromatic heterocycles. The van der Waals surface area contributed by atoms with E-state index in [2.05, 4.69) is 0 Å². The standard InChI is InChI=1S/C12H16N2O3/c1-2-8-5-11-10(6-9(8)13)14(3-4-15)12(16)7-17-11/h5-6,15H,2-4,7,13H2,1H3. The van der Waals surface area contributed by atoms with Crippen LogP contribution < -0.4 is 15.4 Å². The van der Waals surface area contributed by atoms with Crippen molar-refractivity contribution in [2.75, 3.05) is 30.4 Å². The summed E-state index contributed by atoms with van der Waals surface area (Å²) in [4.78, 5) is 13.2. The molecule has 5 heteroatoms. The van der Waals surface area contributed by atoms with Gasteiger partial charge in [-0.25, -0.2) is 0 Å². The fourth-order valence-corrected chi connectivity index (χ4v) is 1.96. The van der Waals surface area contributed by atoms with Crippen molar-refractivity contribution < 1.29 is 14.6 Å². The van der Waals surface area contributed by atoms with Crippen LogP contribution in [0.15, 0.2) is 12.1 Å². The summed E-state index contributed by atoms with van der Waals surface area (Å²) >= 11 is 0. The summed E-state index contributed by atoms with van der Waals surface area (Å²) in [6, 6.07) is 3.60. The lowest BCUT2D eigenvalue weighted by Gasteiger charge is -2.29. The van der Waals surface area contributed by atoms with Crippen LogP contribution >= 0.6 is 0 Å². The number of carbonyl (C=O) groups is 1. The minimum Gasteiger partial charge on any atom is -0.482 e. The number of nitrogen functional groups attached to an aromatic ring is 1. The number of ether oxygens (including phenoxy) is 1. The van der Waals surface area contributed by atoms with Crippen molar-refractivity contribution in [3.05, 3.63) is 17.7 Å². The monoisotopic (exact) mass is 236 g/mol. The zero-order chi connectivity index (χ0) is 12.4. The van der Waals surface area contributed by atoms with Gasteiger partial charge in [0.05, 0.1) is 12.3 Å². The fourth-order valence-electron chi connectivity index (χ4n) is 1.96. The molecule has 1 aliphatic rings. The first kappa shape index (κ1) is 11.7. The van der Waals surface area contributed by atoms with Crippen LogP contribution in [0.2, 0.25) is 0 Å². The number of fused-ring (bicyclic) bond motifs is 1. The first-order chi connectivity index (χ1) is 8.17. The summed E-state index contributed by atoms with van der Waals surface area (Å²) in [5.74, 6) is 0.499. The van der Waals surface area contributed by atoms with E-state index in [-0.39, 0.29) is 25.7 Å². The highest BCUT2D eigenvalue weighted by molar-refractivity contribution is 5.98. The molecule has 0 radical (unpaired) electrons. The summed E-state index contributed by atoms with van der Waals surface area (Å²) in [6.45, 7) is 2.21. The van der Waals surface area contributed by atoms with Crippen molar-refractivity contribution in [2.45, 2.75) is 13.3 Å². The number of aliphatic hydroxyl groups is 1. The number of nitrogens with zero attached hydrogens (tertiary/aromatic N) is 1. The zero-order valence-electron chi connectivity index (χ0n) is 9.77. The van der Waals surface area contributed by atoms with Crippen LogP contribution in [0, 0.1) is 0 Å². The normalized spacial score (nSPS) is 14.5. The number of β-amino-alcohol motifs (C(OH)–C–C–N with tert-alkyl or cyclic N) is 1. The molecule has 0 aliphatic carbocycles. The molecule has 92 valence electrons. The van der Waals surface area contributed by atoms with Gasteiger partial charge in [0.2, 0.25) is 0 Å². The molecular weight excluding hydrogens is 220 g/mol. The lowest BCUT2D eigenvalue weighted by atomic mass is 10.1. The third-order valence-electron chi connectivity index (χ3n) is 2.87. The molecule has 1 aromatic rings. The first-order valence-corrected chi connectivity index (χ1v) is 5.63. The lowest BCUT2D eigenvalue weighted by molar-refractivity contribution is -0.121. The number of carbonyl (C=O) groups excluding carboxylic acids is 1. The van der Waals surface area contributed by atoms with Crippen LogP contribution in [0.25, 0.3) is 0 Å². The van der Waals surface area contributed by atoms with Gasteiger partial charge in [-0.1, -0.05) is 6.92 Å². The Balaban J connectivity index is 2.45. The molecule has 0 saturated heterocycles. The Morgan fingerprint density at radius 1 is 1.53 bits per heavy atom. The number of amides is 1. The molecule has 0 saturated carbocycles. The average Bonchev–Trinajstić information content (AvgIpc) is 2.33. The fraction of sp³-hybridized carbons (Fsp3) is 0.417. The molecule has 0 unspecified atom stereocenters. The Kier molecular flexibility index (Phi) is 3.19. The number of anilines is 2. The van der Waals surface area contributed by atoms with E-state index in [0.717, 1.165) is 12.0 Å². The van der Waals surface area contributed by atoms with Crippen LogP contribution in [-0.4, -0.2) is 30.8 Å². The van der Waals surface area contributed by atoms with Gasteiger partial charge in [-0.15, -0.1) is 0 Å². The number of nitrogens with two attached hydrogens (primary N) is 1. The van der Waals surface area contributed by atoms with E-state index in [1.54, 1.807) is 6.07 Å². The van der Waals surface area contributed by atoms with Crippen LogP contribution in [0.5, 0.6) is 5.75 Å². The summed E-state index contributed by atoms with van der Waals surface area (Å²) in [5.41, 5.74) is 8.19. The van der Waals surface area contributed by atoms with E-state index >= 15 is 0 Å². The molecule has 1 amide bonds. The van der Waals surface area contributed by atoms with Gasteiger partial charge in [-0.2, -0.15) is 0 Å². The molecule has 3 N–H and O–H groups in total. The van der Waals surface area contributed by atoms with Crippen molar-refractivity contribution in [3.8, 4) is 5.75 Å². The van der Waals surface area contributed by atoms with E-state index in [0.29, 0.717) is 17.1 Å². The van der Waals surface area contributed by atoms with E-state index < -0.39 is 0 Å². The second-order valence-corrected chi connectivity index (χ2v) is 3.93. The summed E-state index contributed by atoms with van der Waals surface area (Å²) in [6.07, 6.45) is 0.816. The van der Waals surface area contributed by atoms with Gasteiger partial charge in [0.15, 0.2) is 6.61 Å². The topological polar surface area (TPSA) is 75.8 Å². The number of benzene rings is 1. The molecule has 2 rings (SSSR count).